The van der Waals surface area contributed by atoms with E-state index in [2.05, 4.69) is 41.5 Å². The molecule has 3 aromatic carbocycles. The maximum absolute atomic E-state index is 15.8. The molecule has 242 valence electrons. The second kappa shape index (κ2) is 13.7. The second-order valence-electron chi connectivity index (χ2n) is 11.0. The Bertz CT molecular complexity index is 2040. The molecule has 2 unspecified atom stereocenters. The Morgan fingerprint density at radius 3 is 2.66 bits per heavy atom. The molecule has 2 aromatic heterocycles. The summed E-state index contributed by atoms with van der Waals surface area (Å²) in [6.07, 6.45) is 6.48. The molecule has 0 bridgehead atoms. The number of anilines is 2. The van der Waals surface area contributed by atoms with Crippen molar-refractivity contribution < 1.29 is 26.7 Å². The number of nitrogens with one attached hydrogen (secondary N) is 2. The van der Waals surface area contributed by atoms with Gasteiger partial charge in [0.2, 0.25) is 0 Å². The Morgan fingerprint density at radius 1 is 1.04 bits per heavy atom. The zero-order valence-corrected chi connectivity index (χ0v) is 27.6. The van der Waals surface area contributed by atoms with Gasteiger partial charge < -0.3 is 20.1 Å². The number of rotatable bonds is 12. The van der Waals surface area contributed by atoms with Crippen molar-refractivity contribution in [1.29, 1.82) is 0 Å². The number of pyridine rings is 1. The van der Waals surface area contributed by atoms with Crippen molar-refractivity contribution in [3.8, 4) is 5.75 Å². The fourth-order valence-corrected chi connectivity index (χ4v) is 7.05. The quantitative estimate of drug-likeness (QED) is 0.141. The van der Waals surface area contributed by atoms with E-state index in [0.717, 1.165) is 0 Å². The molecular formula is C34H30BrF2N5O4S. The van der Waals surface area contributed by atoms with Gasteiger partial charge in [0.1, 0.15) is 36.1 Å². The molecule has 0 aliphatic carbocycles. The lowest BCUT2D eigenvalue weighted by atomic mass is 9.83. The minimum atomic E-state index is -3.61. The highest BCUT2D eigenvalue weighted by molar-refractivity contribution is 9.10. The maximum Gasteiger partial charge on any atom is 0.196 e. The number of halogens is 3. The molecule has 9 nitrogen and oxygen atoms in total. The third kappa shape index (κ3) is 7.11. The summed E-state index contributed by atoms with van der Waals surface area (Å²) in [5.41, 5.74) is 0.902. The van der Waals surface area contributed by atoms with Crippen LogP contribution in [-0.2, 0) is 26.8 Å². The molecule has 3 heterocycles. The first-order valence-corrected chi connectivity index (χ1v) is 17.2. The summed E-state index contributed by atoms with van der Waals surface area (Å²) in [5, 5.41) is 7.08. The number of ether oxygens (including phenoxy) is 2. The van der Waals surface area contributed by atoms with Gasteiger partial charge in [-0.05, 0) is 83.0 Å². The summed E-state index contributed by atoms with van der Waals surface area (Å²) in [6.45, 7) is 2.13. The van der Waals surface area contributed by atoms with Crippen molar-refractivity contribution in [3.63, 3.8) is 0 Å². The van der Waals surface area contributed by atoms with Crippen molar-refractivity contribution in [2.45, 2.75) is 36.6 Å². The molecule has 1 aliphatic heterocycles. The van der Waals surface area contributed by atoms with Crippen LogP contribution in [0.4, 0.5) is 20.3 Å². The Morgan fingerprint density at radius 2 is 1.91 bits per heavy atom. The van der Waals surface area contributed by atoms with Crippen molar-refractivity contribution in [1.82, 2.24) is 20.3 Å². The van der Waals surface area contributed by atoms with Crippen molar-refractivity contribution in [3.05, 3.63) is 125 Å². The molecule has 0 radical (unpaired) electrons. The van der Waals surface area contributed by atoms with E-state index in [9.17, 15) is 12.8 Å². The Labute approximate surface area is 279 Å². The van der Waals surface area contributed by atoms with Crippen LogP contribution in [0, 0.1) is 11.6 Å². The summed E-state index contributed by atoms with van der Waals surface area (Å²) < 4.78 is 67.5. The summed E-state index contributed by atoms with van der Waals surface area (Å²) >= 11 is 3.54. The van der Waals surface area contributed by atoms with Crippen LogP contribution in [0.15, 0.2) is 107 Å². The normalized spacial score (nSPS) is 16.6. The minimum absolute atomic E-state index is 0.00150. The van der Waals surface area contributed by atoms with E-state index in [1.165, 1.54) is 43.1 Å². The lowest BCUT2D eigenvalue weighted by Crippen LogP contribution is -2.48. The summed E-state index contributed by atoms with van der Waals surface area (Å²) in [6, 6.07) is 18.9. The van der Waals surface area contributed by atoms with Crippen LogP contribution in [-0.4, -0.2) is 41.7 Å². The van der Waals surface area contributed by atoms with E-state index in [-0.39, 0.29) is 35.3 Å². The van der Waals surface area contributed by atoms with Gasteiger partial charge in [-0.1, -0.05) is 18.2 Å². The second-order valence-corrected chi connectivity index (χ2v) is 13.9. The van der Waals surface area contributed by atoms with E-state index in [4.69, 9.17) is 9.47 Å². The highest BCUT2D eigenvalue weighted by atomic mass is 79.9. The average Bonchev–Trinajstić information content (AvgIpc) is 3.56. The molecule has 0 fully saturated rings. The molecule has 0 amide bonds. The van der Waals surface area contributed by atoms with Crippen molar-refractivity contribution >= 4 is 48.2 Å². The van der Waals surface area contributed by atoms with Gasteiger partial charge in [-0.25, -0.2) is 32.2 Å². The highest BCUT2D eigenvalue weighted by Crippen LogP contribution is 2.41. The lowest BCUT2D eigenvalue weighted by molar-refractivity contribution is 0.00584. The van der Waals surface area contributed by atoms with Gasteiger partial charge in [0.05, 0.1) is 22.0 Å². The van der Waals surface area contributed by atoms with Gasteiger partial charge in [0.25, 0.3) is 0 Å². The lowest BCUT2D eigenvalue weighted by Gasteiger charge is -2.36. The fraction of sp³-hybridized carbons (Fsp3) is 0.206. The first-order valence-electron chi connectivity index (χ1n) is 14.7. The first kappa shape index (κ1) is 32.5. The number of aromatic nitrogens is 3. The standard InChI is InChI=1S/C34H30BrF2N5O4S/c1-22(38-13-15-47(43,44)32-8-2-3-12-39-32)34(11-5-14-46-34)27-18-26-30(19-29(27)37)40-21-41-33(26)42-25-9-10-31(28(35)17-25)45-20-23-6-4-7-24(36)16-23/h2-10,12,14,16-19,21-22,38H,11,13,15,20H2,1H3,(H,40,41,42). The van der Waals surface area contributed by atoms with E-state index in [1.807, 2.05) is 19.1 Å². The summed E-state index contributed by atoms with van der Waals surface area (Å²) in [5.74, 6) is -0.0180. The van der Waals surface area contributed by atoms with Crippen molar-refractivity contribution in [2.24, 2.45) is 0 Å². The first-order chi connectivity index (χ1) is 22.6. The van der Waals surface area contributed by atoms with Crippen molar-refractivity contribution in [2.75, 3.05) is 17.6 Å². The zero-order chi connectivity index (χ0) is 33.0. The molecule has 0 saturated carbocycles. The molecule has 2 N–H and O–H groups in total. The van der Waals surface area contributed by atoms with Crippen LogP contribution in [0.2, 0.25) is 0 Å². The van der Waals surface area contributed by atoms with E-state index in [1.54, 1.807) is 42.5 Å². The number of fused-ring (bicyclic) bond motifs is 1. The molecule has 6 rings (SSSR count). The fourth-order valence-electron chi connectivity index (χ4n) is 5.46. The summed E-state index contributed by atoms with van der Waals surface area (Å²) in [4.78, 5) is 12.7. The molecule has 13 heteroatoms. The van der Waals surface area contributed by atoms with E-state index < -0.39 is 27.3 Å². The van der Waals surface area contributed by atoms with Gasteiger partial charge in [-0.15, -0.1) is 0 Å². The average molecular weight is 723 g/mol. The van der Waals surface area contributed by atoms with E-state index >= 15 is 4.39 Å². The van der Waals surface area contributed by atoms with Crippen LogP contribution in [0.1, 0.15) is 24.5 Å². The van der Waals surface area contributed by atoms with Crippen LogP contribution >= 0.6 is 15.9 Å². The van der Waals surface area contributed by atoms with Crippen LogP contribution in [0.3, 0.4) is 0 Å². The van der Waals surface area contributed by atoms with Gasteiger partial charge in [-0.2, -0.15) is 0 Å². The minimum Gasteiger partial charge on any atom is -0.488 e. The number of hydrogen-bond acceptors (Lipinski definition) is 9. The third-order valence-electron chi connectivity index (χ3n) is 7.93. The molecule has 5 aromatic rings. The van der Waals surface area contributed by atoms with Gasteiger partial charge in [0.15, 0.2) is 20.5 Å². The smallest absolute Gasteiger partial charge is 0.196 e. The van der Waals surface area contributed by atoms with Crippen LogP contribution < -0.4 is 15.4 Å². The predicted molar refractivity (Wildman–Crippen MR) is 178 cm³/mol. The molecule has 2 atom stereocenters. The Kier molecular flexibility index (Phi) is 9.48. The number of benzene rings is 3. The topological polar surface area (TPSA) is 115 Å². The highest BCUT2D eigenvalue weighted by Gasteiger charge is 2.43. The number of hydrogen-bond donors (Lipinski definition) is 2. The SMILES string of the molecule is CC(NCCS(=O)(=O)c1ccccn1)C1(c2cc3c(Nc4ccc(OCc5cccc(F)c5)c(Br)c4)ncnc3cc2F)CC=CO1. The third-order valence-corrected chi connectivity index (χ3v) is 10.2. The number of sulfone groups is 1. The van der Waals surface area contributed by atoms with Crippen LogP contribution in [0.5, 0.6) is 5.75 Å². The zero-order valence-electron chi connectivity index (χ0n) is 25.2. The molecule has 0 saturated heterocycles. The Hall–Kier alpha value is -4.46. The van der Waals surface area contributed by atoms with E-state index in [0.29, 0.717) is 44.6 Å². The summed E-state index contributed by atoms with van der Waals surface area (Å²) in [7, 11) is -3.61. The van der Waals surface area contributed by atoms with Crippen LogP contribution in [0.25, 0.3) is 10.9 Å². The monoisotopic (exact) mass is 721 g/mol. The molecule has 47 heavy (non-hydrogen) atoms. The Balaban J connectivity index is 1.22. The predicted octanol–water partition coefficient (Wildman–Crippen LogP) is 6.97. The van der Waals surface area contributed by atoms with Gasteiger partial charge in [-0.3, -0.25) is 0 Å². The number of nitrogens with zero attached hydrogens (tertiary/aromatic N) is 3. The maximum atomic E-state index is 15.8. The van der Waals surface area contributed by atoms with Gasteiger partial charge in [0, 0.05) is 47.9 Å². The molecule has 0 spiro atoms. The molecule has 1 aliphatic rings. The van der Waals surface area contributed by atoms with Gasteiger partial charge >= 0.3 is 0 Å². The molecular weight excluding hydrogens is 692 g/mol. The largest absolute Gasteiger partial charge is 0.488 e.